The highest BCUT2D eigenvalue weighted by Gasteiger charge is 2.50. The zero-order valence-electron chi connectivity index (χ0n) is 14.0. The lowest BCUT2D eigenvalue weighted by Gasteiger charge is -2.56. The molecule has 126 valence electrons. The molecule has 4 saturated carbocycles. The van der Waals surface area contributed by atoms with E-state index in [0.717, 1.165) is 29.2 Å². The van der Waals surface area contributed by atoms with Crippen molar-refractivity contribution in [1.82, 2.24) is 4.72 Å². The Morgan fingerprint density at radius 1 is 0.957 bits per heavy atom. The number of benzene rings is 1. The van der Waals surface area contributed by atoms with Crippen molar-refractivity contribution >= 4 is 10.0 Å². The van der Waals surface area contributed by atoms with Gasteiger partial charge in [0.15, 0.2) is 0 Å². The van der Waals surface area contributed by atoms with Crippen molar-refractivity contribution in [3.8, 4) is 0 Å². The Kier molecular flexibility index (Phi) is 3.80. The molecule has 5 rings (SSSR count). The largest absolute Gasteiger partial charge is 0.240 e. The summed E-state index contributed by atoms with van der Waals surface area (Å²) < 4.78 is 28.3. The van der Waals surface area contributed by atoms with Crippen LogP contribution in [-0.4, -0.2) is 14.5 Å². The van der Waals surface area contributed by atoms with Crippen molar-refractivity contribution in [2.75, 3.05) is 0 Å². The van der Waals surface area contributed by atoms with Crippen LogP contribution in [0.25, 0.3) is 0 Å². The van der Waals surface area contributed by atoms with Gasteiger partial charge in [0.1, 0.15) is 0 Å². The molecule has 0 aliphatic heterocycles. The van der Waals surface area contributed by atoms with E-state index in [-0.39, 0.29) is 6.04 Å². The smallest absolute Gasteiger partial charge is 0.208 e. The maximum atomic E-state index is 12.7. The predicted molar refractivity (Wildman–Crippen MR) is 91.5 cm³/mol. The molecule has 0 saturated heterocycles. The SMILES string of the molecule is Cc1ccc(S(=O)(=O)N[C@@H](C)C2C3CC4CC(C3)CC2C4)cc1. The Morgan fingerprint density at radius 2 is 1.48 bits per heavy atom. The van der Waals surface area contributed by atoms with Crippen LogP contribution in [0, 0.1) is 36.5 Å². The highest BCUT2D eigenvalue weighted by Crippen LogP contribution is 2.57. The van der Waals surface area contributed by atoms with Crippen molar-refractivity contribution in [2.45, 2.75) is 56.9 Å². The molecule has 1 N–H and O–H groups in total. The molecule has 4 bridgehead atoms. The van der Waals surface area contributed by atoms with Crippen LogP contribution >= 0.6 is 0 Å². The van der Waals surface area contributed by atoms with E-state index in [0.29, 0.717) is 10.8 Å². The quantitative estimate of drug-likeness (QED) is 0.912. The van der Waals surface area contributed by atoms with Gasteiger partial charge in [-0.25, -0.2) is 13.1 Å². The molecule has 1 aromatic carbocycles. The molecule has 0 heterocycles. The molecular weight excluding hydrogens is 306 g/mol. The van der Waals surface area contributed by atoms with E-state index in [4.69, 9.17) is 0 Å². The molecule has 0 unspecified atom stereocenters. The summed E-state index contributed by atoms with van der Waals surface area (Å²) in [6, 6.07) is 7.18. The summed E-state index contributed by atoms with van der Waals surface area (Å²) >= 11 is 0. The van der Waals surface area contributed by atoms with E-state index >= 15 is 0 Å². The zero-order valence-corrected chi connectivity index (χ0v) is 14.9. The number of sulfonamides is 1. The molecule has 4 heteroatoms. The number of aryl methyl sites for hydroxylation is 1. The van der Waals surface area contributed by atoms with E-state index < -0.39 is 10.0 Å². The molecular formula is C19H27NO2S. The van der Waals surface area contributed by atoms with Gasteiger partial charge in [0.2, 0.25) is 10.0 Å². The molecule has 3 nitrogen and oxygen atoms in total. The monoisotopic (exact) mass is 333 g/mol. The molecule has 4 aliphatic rings. The van der Waals surface area contributed by atoms with E-state index in [1.54, 1.807) is 12.1 Å². The van der Waals surface area contributed by atoms with Crippen molar-refractivity contribution < 1.29 is 8.42 Å². The minimum Gasteiger partial charge on any atom is -0.208 e. The molecule has 1 aromatic rings. The minimum atomic E-state index is -3.41. The number of nitrogens with one attached hydrogen (secondary N) is 1. The van der Waals surface area contributed by atoms with Crippen LogP contribution in [-0.2, 0) is 10.0 Å². The molecule has 0 amide bonds. The topological polar surface area (TPSA) is 46.2 Å². The number of rotatable bonds is 4. The summed E-state index contributed by atoms with van der Waals surface area (Å²) in [5, 5.41) is 0. The fourth-order valence-electron chi connectivity index (χ4n) is 5.89. The predicted octanol–water partition coefficient (Wildman–Crippen LogP) is 3.73. The third kappa shape index (κ3) is 2.85. The lowest BCUT2D eigenvalue weighted by Crippen LogP contribution is -2.52. The molecule has 4 aliphatic carbocycles. The van der Waals surface area contributed by atoms with Crippen LogP contribution in [0.3, 0.4) is 0 Å². The second-order valence-electron chi connectivity index (χ2n) is 8.23. The fourth-order valence-corrected chi connectivity index (χ4v) is 7.17. The Labute approximate surface area is 139 Å². The zero-order chi connectivity index (χ0) is 16.2. The molecule has 1 atom stereocenters. The van der Waals surface area contributed by atoms with E-state index in [1.165, 1.54) is 32.1 Å². The van der Waals surface area contributed by atoms with Crippen LogP contribution in [0.4, 0.5) is 0 Å². The van der Waals surface area contributed by atoms with Crippen molar-refractivity contribution in [2.24, 2.45) is 29.6 Å². The average Bonchev–Trinajstić information content (AvgIpc) is 2.45. The van der Waals surface area contributed by atoms with Crippen LogP contribution in [0.5, 0.6) is 0 Å². The van der Waals surface area contributed by atoms with Gasteiger partial charge in [-0.2, -0.15) is 0 Å². The third-order valence-corrected chi connectivity index (χ3v) is 8.12. The highest BCUT2D eigenvalue weighted by atomic mass is 32.2. The molecule has 0 radical (unpaired) electrons. The van der Waals surface area contributed by atoms with Gasteiger partial charge >= 0.3 is 0 Å². The summed E-state index contributed by atoms with van der Waals surface area (Å²) in [6.07, 6.45) is 6.74. The normalized spacial score (nSPS) is 37.0. The Balaban J connectivity index is 1.51. The summed E-state index contributed by atoms with van der Waals surface area (Å²) in [4.78, 5) is 0.388. The van der Waals surface area contributed by atoms with Gasteiger partial charge in [0, 0.05) is 6.04 Å². The Bertz CT molecular complexity index is 652. The molecule has 0 spiro atoms. The standard InChI is InChI=1S/C19H27NO2S/c1-12-3-5-18(6-4-12)23(21,22)20-13(2)19-16-8-14-7-15(10-16)11-17(19)9-14/h3-6,13-17,19-20H,7-11H2,1-2H3/t13-,14?,15?,16?,17?,19?/m0/s1. The first-order chi connectivity index (χ1) is 10.9. The van der Waals surface area contributed by atoms with Gasteiger partial charge in [-0.3, -0.25) is 0 Å². The van der Waals surface area contributed by atoms with Crippen molar-refractivity contribution in [3.63, 3.8) is 0 Å². The third-order valence-electron chi connectivity index (χ3n) is 6.55. The fraction of sp³-hybridized carbons (Fsp3) is 0.684. The number of hydrogen-bond donors (Lipinski definition) is 1. The van der Waals surface area contributed by atoms with Gasteiger partial charge in [0.05, 0.1) is 4.90 Å². The molecule has 4 fully saturated rings. The van der Waals surface area contributed by atoms with E-state index in [2.05, 4.69) is 11.6 Å². The van der Waals surface area contributed by atoms with Crippen LogP contribution in [0.2, 0.25) is 0 Å². The van der Waals surface area contributed by atoms with Gasteiger partial charge in [-0.1, -0.05) is 17.7 Å². The van der Waals surface area contributed by atoms with Crippen LogP contribution in [0.15, 0.2) is 29.2 Å². The lowest BCUT2D eigenvalue weighted by molar-refractivity contribution is -0.0463. The maximum Gasteiger partial charge on any atom is 0.240 e. The lowest BCUT2D eigenvalue weighted by atomic mass is 9.51. The Hall–Kier alpha value is -0.870. The summed E-state index contributed by atoms with van der Waals surface area (Å²) in [5.41, 5.74) is 1.08. The highest BCUT2D eigenvalue weighted by molar-refractivity contribution is 7.89. The van der Waals surface area contributed by atoms with E-state index in [1.807, 2.05) is 19.1 Å². The van der Waals surface area contributed by atoms with Crippen LogP contribution < -0.4 is 4.72 Å². The maximum absolute atomic E-state index is 12.7. The van der Waals surface area contributed by atoms with Gasteiger partial charge in [0.25, 0.3) is 0 Å². The van der Waals surface area contributed by atoms with Gasteiger partial charge in [-0.15, -0.1) is 0 Å². The van der Waals surface area contributed by atoms with E-state index in [9.17, 15) is 8.42 Å². The first-order valence-electron chi connectivity index (χ1n) is 9.01. The van der Waals surface area contributed by atoms with Gasteiger partial charge in [-0.05, 0) is 87.7 Å². The number of hydrogen-bond acceptors (Lipinski definition) is 2. The summed E-state index contributed by atoms with van der Waals surface area (Å²) in [6.45, 7) is 4.06. The Morgan fingerprint density at radius 3 is 2.00 bits per heavy atom. The van der Waals surface area contributed by atoms with Crippen molar-refractivity contribution in [1.29, 1.82) is 0 Å². The summed E-state index contributed by atoms with van der Waals surface area (Å²) in [7, 11) is -3.41. The van der Waals surface area contributed by atoms with Crippen LogP contribution in [0.1, 0.15) is 44.6 Å². The second-order valence-corrected chi connectivity index (χ2v) is 9.95. The summed E-state index contributed by atoms with van der Waals surface area (Å²) in [5.74, 6) is 3.86. The first-order valence-corrected chi connectivity index (χ1v) is 10.5. The van der Waals surface area contributed by atoms with Crippen molar-refractivity contribution in [3.05, 3.63) is 29.8 Å². The molecule has 0 aromatic heterocycles. The first kappa shape index (κ1) is 15.6. The minimum absolute atomic E-state index is 0.0382. The second kappa shape index (κ2) is 5.59. The molecule has 23 heavy (non-hydrogen) atoms. The van der Waals surface area contributed by atoms with Gasteiger partial charge < -0.3 is 0 Å². The average molecular weight is 333 g/mol.